The summed E-state index contributed by atoms with van der Waals surface area (Å²) in [5, 5.41) is 29.7. The molecule has 1 heterocycles. The van der Waals surface area contributed by atoms with Crippen LogP contribution in [0.2, 0.25) is 0 Å². The smallest absolute Gasteiger partial charge is 0.490 e. The Morgan fingerprint density at radius 2 is 2.07 bits per heavy atom. The molecule has 0 spiro atoms. The van der Waals surface area contributed by atoms with Crippen LogP contribution in [0, 0.1) is 19.1 Å². The molecule has 1 aromatic heterocycles. The van der Waals surface area contributed by atoms with Gasteiger partial charge in [0, 0.05) is 11.7 Å². The summed E-state index contributed by atoms with van der Waals surface area (Å²) in [5.41, 5.74) is 1.29. The molecule has 0 saturated carbocycles. The molecule has 0 radical (unpaired) electrons. The maximum Gasteiger partial charge on any atom is 0.490 e. The number of rotatable bonds is 3. The maximum atomic E-state index is 11.3. The minimum atomic E-state index is -1.65. The largest absolute Gasteiger partial charge is 0.733 e. The van der Waals surface area contributed by atoms with Crippen molar-refractivity contribution in [3.63, 3.8) is 0 Å². The van der Waals surface area contributed by atoms with Crippen LogP contribution in [0.15, 0.2) is 6.20 Å². The van der Waals surface area contributed by atoms with Gasteiger partial charge in [0.2, 0.25) is 0 Å². The molecule has 1 rings (SSSR count). The van der Waals surface area contributed by atoms with Crippen molar-refractivity contribution in [2.24, 2.45) is 0 Å². The van der Waals surface area contributed by atoms with E-state index in [4.69, 9.17) is 10.0 Å². The molecule has 15 heavy (non-hydrogen) atoms. The van der Waals surface area contributed by atoms with Gasteiger partial charge in [0.25, 0.3) is 0 Å². The molecular formula is C8H12BN2O4-. The summed E-state index contributed by atoms with van der Waals surface area (Å²) < 4.78 is 0. The molecule has 1 aromatic rings. The van der Waals surface area contributed by atoms with Crippen molar-refractivity contribution >= 4 is 18.3 Å². The zero-order valence-corrected chi connectivity index (χ0v) is 8.76. The molecule has 0 aliphatic heterocycles. The summed E-state index contributed by atoms with van der Waals surface area (Å²) >= 11 is 0. The molecule has 0 aliphatic carbocycles. The first-order chi connectivity index (χ1) is 6.99. The Kier molecular flexibility index (Phi) is 3.64. The summed E-state index contributed by atoms with van der Waals surface area (Å²) in [4.78, 5) is 8.40. The Morgan fingerprint density at radius 3 is 2.53 bits per heavy atom. The molecule has 7 heteroatoms. The van der Waals surface area contributed by atoms with Crippen LogP contribution in [0.1, 0.15) is 11.3 Å². The van der Waals surface area contributed by atoms with Gasteiger partial charge < -0.3 is 20.5 Å². The summed E-state index contributed by atoms with van der Waals surface area (Å²) in [7, 11) is -0.421. The Balaban J connectivity index is 3.30. The van der Waals surface area contributed by atoms with Crippen molar-refractivity contribution < 1.29 is 14.9 Å². The van der Waals surface area contributed by atoms with Crippen molar-refractivity contribution in [1.82, 2.24) is 4.98 Å². The standard InChI is InChI=1S/C8H12BN2O4/c1-5-7(9(12)13)4-10-6(2)8(5)11(14)15-3/h4,12-13H,1-3H3/q-1. The highest BCUT2D eigenvalue weighted by Gasteiger charge is 2.18. The second-order valence-electron chi connectivity index (χ2n) is 3.09. The fourth-order valence-corrected chi connectivity index (χ4v) is 1.35. The van der Waals surface area contributed by atoms with E-state index < -0.39 is 7.12 Å². The molecule has 6 nitrogen and oxygen atoms in total. The fourth-order valence-electron chi connectivity index (χ4n) is 1.35. The van der Waals surface area contributed by atoms with E-state index in [2.05, 4.69) is 9.82 Å². The monoisotopic (exact) mass is 211 g/mol. The number of aromatic nitrogens is 1. The summed E-state index contributed by atoms with van der Waals surface area (Å²) in [6.07, 6.45) is 1.32. The lowest BCUT2D eigenvalue weighted by molar-refractivity contribution is 0.197. The van der Waals surface area contributed by atoms with E-state index in [9.17, 15) is 5.21 Å². The van der Waals surface area contributed by atoms with Gasteiger partial charge in [-0.25, -0.2) is 0 Å². The average molecular weight is 211 g/mol. The van der Waals surface area contributed by atoms with Crippen molar-refractivity contribution in [2.45, 2.75) is 13.8 Å². The van der Waals surface area contributed by atoms with Crippen LogP contribution >= 0.6 is 0 Å². The van der Waals surface area contributed by atoms with Gasteiger partial charge in [-0.15, -0.1) is 0 Å². The second kappa shape index (κ2) is 4.58. The Morgan fingerprint density at radius 1 is 1.47 bits per heavy atom. The minimum absolute atomic E-state index is 0.188. The molecule has 0 amide bonds. The van der Waals surface area contributed by atoms with Gasteiger partial charge in [-0.05, 0) is 19.4 Å². The Labute approximate surface area is 87.8 Å². The first-order valence-electron chi connectivity index (χ1n) is 4.32. The number of pyridine rings is 1. The highest BCUT2D eigenvalue weighted by atomic mass is 16.9. The SMILES string of the molecule is CON([O-])c1c(C)ncc(B(O)O)c1C. The topological polar surface area (TPSA) is 88.9 Å². The van der Waals surface area contributed by atoms with Gasteiger partial charge in [-0.3, -0.25) is 9.82 Å². The quantitative estimate of drug-likeness (QED) is 0.504. The first kappa shape index (κ1) is 11.9. The van der Waals surface area contributed by atoms with Crippen LogP contribution < -0.4 is 10.7 Å². The lowest BCUT2D eigenvalue weighted by atomic mass is 9.78. The number of hydrogen-bond acceptors (Lipinski definition) is 6. The predicted octanol–water partition coefficient (Wildman–Crippen LogP) is -0.756. The lowest BCUT2D eigenvalue weighted by Gasteiger charge is -2.30. The number of anilines is 1. The van der Waals surface area contributed by atoms with Gasteiger partial charge in [0.1, 0.15) is 0 Å². The van der Waals surface area contributed by atoms with E-state index in [1.54, 1.807) is 13.8 Å². The van der Waals surface area contributed by atoms with Crippen LogP contribution in [-0.2, 0) is 4.84 Å². The zero-order chi connectivity index (χ0) is 11.6. The highest BCUT2D eigenvalue weighted by Crippen LogP contribution is 2.20. The number of nitrogens with zero attached hydrogens (tertiary/aromatic N) is 2. The molecule has 0 fully saturated rings. The third kappa shape index (κ3) is 2.27. The molecule has 0 aliphatic rings. The molecule has 0 unspecified atom stereocenters. The first-order valence-corrected chi connectivity index (χ1v) is 4.32. The summed E-state index contributed by atoms with van der Waals surface area (Å²) in [6, 6.07) is 0. The van der Waals surface area contributed by atoms with Crippen LogP contribution in [0.4, 0.5) is 5.69 Å². The minimum Gasteiger partial charge on any atom is -0.733 e. The van der Waals surface area contributed by atoms with E-state index in [0.29, 0.717) is 16.5 Å². The third-order valence-electron chi connectivity index (χ3n) is 2.15. The Hall–Kier alpha value is -1.15. The Bertz CT molecular complexity index is 359. The molecule has 0 bridgehead atoms. The van der Waals surface area contributed by atoms with E-state index >= 15 is 0 Å². The van der Waals surface area contributed by atoms with Crippen LogP contribution in [0.25, 0.3) is 0 Å². The second-order valence-corrected chi connectivity index (χ2v) is 3.09. The molecule has 0 saturated heterocycles. The van der Waals surface area contributed by atoms with Crippen LogP contribution in [0.3, 0.4) is 0 Å². The van der Waals surface area contributed by atoms with Gasteiger partial charge in [-0.1, -0.05) is 0 Å². The van der Waals surface area contributed by atoms with Crippen LogP contribution in [0.5, 0.6) is 0 Å². The van der Waals surface area contributed by atoms with E-state index in [1.807, 2.05) is 0 Å². The maximum absolute atomic E-state index is 11.3. The van der Waals surface area contributed by atoms with Crippen molar-refractivity contribution in [3.8, 4) is 0 Å². The van der Waals surface area contributed by atoms with Crippen molar-refractivity contribution in [2.75, 3.05) is 12.3 Å². The molecule has 0 atom stereocenters. The van der Waals surface area contributed by atoms with Crippen LogP contribution in [-0.4, -0.2) is 29.3 Å². The molecule has 82 valence electrons. The number of aryl methyl sites for hydroxylation is 1. The fraction of sp³-hybridized carbons (Fsp3) is 0.375. The lowest BCUT2D eigenvalue weighted by Crippen LogP contribution is -2.34. The van der Waals surface area contributed by atoms with Gasteiger partial charge in [0.15, 0.2) is 0 Å². The van der Waals surface area contributed by atoms with Gasteiger partial charge in [0.05, 0.1) is 18.5 Å². The average Bonchev–Trinajstić information content (AvgIpc) is 2.16. The van der Waals surface area contributed by atoms with Crippen molar-refractivity contribution in [1.29, 1.82) is 0 Å². The van der Waals surface area contributed by atoms with E-state index in [1.165, 1.54) is 13.3 Å². The predicted molar refractivity (Wildman–Crippen MR) is 56.4 cm³/mol. The normalized spacial score (nSPS) is 10.3. The third-order valence-corrected chi connectivity index (χ3v) is 2.15. The molecular weight excluding hydrogens is 199 g/mol. The van der Waals surface area contributed by atoms with E-state index in [0.717, 1.165) is 0 Å². The number of hydrogen-bond donors (Lipinski definition) is 2. The van der Waals surface area contributed by atoms with Gasteiger partial charge in [-0.2, -0.15) is 0 Å². The van der Waals surface area contributed by atoms with Gasteiger partial charge >= 0.3 is 7.12 Å². The molecule has 0 aromatic carbocycles. The summed E-state index contributed by atoms with van der Waals surface area (Å²) in [5.74, 6) is 0. The van der Waals surface area contributed by atoms with Crippen molar-refractivity contribution in [3.05, 3.63) is 22.7 Å². The zero-order valence-electron chi connectivity index (χ0n) is 8.76. The highest BCUT2D eigenvalue weighted by molar-refractivity contribution is 6.59. The molecule has 2 N–H and O–H groups in total. The van der Waals surface area contributed by atoms with E-state index in [-0.39, 0.29) is 11.2 Å². The summed E-state index contributed by atoms with van der Waals surface area (Å²) in [6.45, 7) is 3.24.